The number of nitrogens with zero attached hydrogens (tertiary/aromatic N) is 4. The highest BCUT2D eigenvalue weighted by molar-refractivity contribution is 5.94. The van der Waals surface area contributed by atoms with Gasteiger partial charge in [-0.2, -0.15) is 0 Å². The molecule has 0 bridgehead atoms. The Hall–Kier alpha value is -4.14. The van der Waals surface area contributed by atoms with Gasteiger partial charge < -0.3 is 20.8 Å². The van der Waals surface area contributed by atoms with Crippen molar-refractivity contribution in [3.8, 4) is 17.0 Å². The van der Waals surface area contributed by atoms with Crippen molar-refractivity contribution in [1.29, 1.82) is 0 Å². The van der Waals surface area contributed by atoms with Gasteiger partial charge in [-0.15, -0.1) is 5.10 Å². The van der Waals surface area contributed by atoms with Gasteiger partial charge in [0.1, 0.15) is 5.75 Å². The van der Waals surface area contributed by atoms with Gasteiger partial charge in [-0.05, 0) is 80.5 Å². The van der Waals surface area contributed by atoms with Gasteiger partial charge in [-0.25, -0.2) is 4.98 Å². The van der Waals surface area contributed by atoms with Crippen molar-refractivity contribution in [2.75, 3.05) is 19.4 Å². The van der Waals surface area contributed by atoms with E-state index in [4.69, 9.17) is 10.5 Å². The van der Waals surface area contributed by atoms with E-state index >= 15 is 0 Å². The van der Waals surface area contributed by atoms with Crippen LogP contribution in [-0.2, 0) is 25.8 Å². The second-order valence-electron chi connectivity index (χ2n) is 10.1. The number of aromatic nitrogens is 5. The van der Waals surface area contributed by atoms with Crippen LogP contribution < -0.4 is 15.8 Å². The van der Waals surface area contributed by atoms with Crippen molar-refractivity contribution >= 4 is 11.9 Å². The first kappa shape index (κ1) is 28.9. The van der Waals surface area contributed by atoms with Crippen molar-refractivity contribution in [1.82, 2.24) is 30.3 Å². The number of nitrogens with two attached hydrogens (primary N) is 1. The Morgan fingerprint density at radius 1 is 0.975 bits per heavy atom. The Morgan fingerprint density at radius 3 is 2.48 bits per heavy atom. The summed E-state index contributed by atoms with van der Waals surface area (Å²) < 4.78 is 7.04. The van der Waals surface area contributed by atoms with Crippen LogP contribution in [0.5, 0.6) is 5.75 Å². The number of aryl methyl sites for hydroxylation is 3. The summed E-state index contributed by atoms with van der Waals surface area (Å²) in [7, 11) is 1.66. The molecule has 0 aliphatic carbocycles. The van der Waals surface area contributed by atoms with Gasteiger partial charge in [0.25, 0.3) is 5.91 Å². The molecule has 0 unspecified atom stereocenters. The van der Waals surface area contributed by atoms with E-state index < -0.39 is 0 Å². The summed E-state index contributed by atoms with van der Waals surface area (Å²) in [6.07, 6.45) is 11.5. The third-order valence-corrected chi connectivity index (χ3v) is 7.02. The fourth-order valence-corrected chi connectivity index (χ4v) is 4.73. The van der Waals surface area contributed by atoms with Gasteiger partial charge in [-0.3, -0.25) is 9.48 Å². The molecule has 4 rings (SSSR count). The predicted octanol–water partition coefficient (Wildman–Crippen LogP) is 5.38. The highest BCUT2D eigenvalue weighted by atomic mass is 16.5. The highest BCUT2D eigenvalue weighted by Gasteiger charge is 2.11. The lowest BCUT2D eigenvalue weighted by molar-refractivity contribution is 0.0952. The van der Waals surface area contributed by atoms with Crippen LogP contribution in [0.15, 0.2) is 54.7 Å². The summed E-state index contributed by atoms with van der Waals surface area (Å²) in [5, 5.41) is 11.5. The van der Waals surface area contributed by atoms with Crippen molar-refractivity contribution in [2.45, 2.75) is 71.3 Å². The van der Waals surface area contributed by atoms with Crippen LogP contribution in [0.1, 0.15) is 72.8 Å². The fourth-order valence-electron chi connectivity index (χ4n) is 4.73. The lowest BCUT2D eigenvalue weighted by Crippen LogP contribution is -2.27. The molecule has 2 aromatic heterocycles. The predicted molar refractivity (Wildman–Crippen MR) is 158 cm³/mol. The molecule has 0 aliphatic rings. The van der Waals surface area contributed by atoms with E-state index in [1.165, 1.54) is 24.8 Å². The van der Waals surface area contributed by atoms with Crippen molar-refractivity contribution in [3.05, 3.63) is 77.2 Å². The van der Waals surface area contributed by atoms with Crippen LogP contribution in [0.25, 0.3) is 11.3 Å². The number of carbonyl (C=O) groups excluding carboxylic acids is 1. The number of amides is 1. The minimum absolute atomic E-state index is 0.0605. The monoisotopic (exact) mass is 543 g/mol. The van der Waals surface area contributed by atoms with E-state index in [0.717, 1.165) is 66.9 Å². The number of imidazole rings is 1. The smallest absolute Gasteiger partial charge is 0.251 e. The number of unbranched alkanes of at least 4 members (excludes halogenated alkanes) is 4. The average Bonchev–Trinajstić information content (AvgIpc) is 3.59. The molecule has 0 fully saturated rings. The summed E-state index contributed by atoms with van der Waals surface area (Å²) in [6.45, 7) is 3.29. The molecule has 0 radical (unpaired) electrons. The number of nitrogens with one attached hydrogen (secondary N) is 2. The zero-order chi connectivity index (χ0) is 28.2. The minimum atomic E-state index is -0.0605. The molecule has 0 saturated carbocycles. The highest BCUT2D eigenvalue weighted by Crippen LogP contribution is 2.26. The van der Waals surface area contributed by atoms with E-state index in [9.17, 15) is 4.79 Å². The van der Waals surface area contributed by atoms with Crippen LogP contribution in [-0.4, -0.2) is 44.5 Å². The number of aromatic amines is 1. The van der Waals surface area contributed by atoms with Crippen LogP contribution >= 0.6 is 0 Å². The van der Waals surface area contributed by atoms with Gasteiger partial charge in [0, 0.05) is 29.6 Å². The number of ether oxygens (including phenoxy) is 1. The third-order valence-electron chi connectivity index (χ3n) is 7.02. The van der Waals surface area contributed by atoms with Gasteiger partial charge in [0.2, 0.25) is 0 Å². The van der Waals surface area contributed by atoms with Gasteiger partial charge in [-0.1, -0.05) is 43.5 Å². The van der Waals surface area contributed by atoms with Gasteiger partial charge in [0.15, 0.2) is 5.95 Å². The molecule has 2 aromatic carbocycles. The molecule has 1 amide bonds. The normalized spacial score (nSPS) is 11.1. The van der Waals surface area contributed by atoms with E-state index in [1.807, 2.05) is 42.6 Å². The number of benzene rings is 2. The summed E-state index contributed by atoms with van der Waals surface area (Å²) >= 11 is 0. The quantitative estimate of drug-likeness (QED) is 0.163. The molecule has 212 valence electrons. The van der Waals surface area contributed by atoms with Crippen molar-refractivity contribution in [2.24, 2.45) is 0 Å². The molecule has 4 aromatic rings. The molecule has 9 heteroatoms. The first-order valence-corrected chi connectivity index (χ1v) is 14.3. The molecule has 0 saturated heterocycles. The zero-order valence-electron chi connectivity index (χ0n) is 23.7. The fraction of sp³-hybridized carbons (Fsp3) is 0.419. The number of carbonyl (C=O) groups is 1. The van der Waals surface area contributed by atoms with E-state index in [0.29, 0.717) is 24.6 Å². The molecule has 0 atom stereocenters. The summed E-state index contributed by atoms with van der Waals surface area (Å²) in [6, 6.07) is 15.8. The molecule has 4 N–H and O–H groups in total. The second kappa shape index (κ2) is 14.9. The molecule has 2 heterocycles. The van der Waals surface area contributed by atoms with Crippen LogP contribution in [0, 0.1) is 0 Å². The second-order valence-corrected chi connectivity index (χ2v) is 10.1. The third kappa shape index (κ3) is 8.43. The largest absolute Gasteiger partial charge is 0.497 e. The van der Waals surface area contributed by atoms with Crippen molar-refractivity contribution < 1.29 is 9.53 Å². The number of methoxy groups -OCH3 is 1. The maximum Gasteiger partial charge on any atom is 0.251 e. The number of hydrogen-bond acceptors (Lipinski definition) is 6. The molecular weight excluding hydrogens is 502 g/mol. The lowest BCUT2D eigenvalue weighted by atomic mass is 10.0. The van der Waals surface area contributed by atoms with E-state index in [2.05, 4.69) is 44.7 Å². The number of anilines is 1. The Morgan fingerprint density at radius 2 is 1.73 bits per heavy atom. The van der Waals surface area contributed by atoms with Gasteiger partial charge >= 0.3 is 0 Å². The first-order chi connectivity index (χ1) is 19.6. The number of nitrogen functional groups attached to an aromatic ring is 1. The topological polar surface area (TPSA) is 124 Å². The SMILES string of the molecule is CCCCCc1ccc(C(=O)NCCn2cc(CCCCCc3[nH]c(N)nc3-c3ccc(OC)cc3)nn2)cc1. The first-order valence-electron chi connectivity index (χ1n) is 14.3. The summed E-state index contributed by atoms with van der Waals surface area (Å²) in [5.41, 5.74) is 11.9. The summed E-state index contributed by atoms with van der Waals surface area (Å²) in [4.78, 5) is 20.2. The lowest BCUT2D eigenvalue weighted by Gasteiger charge is -2.06. The molecule has 0 aliphatic heterocycles. The van der Waals surface area contributed by atoms with Crippen molar-refractivity contribution in [3.63, 3.8) is 0 Å². The number of H-pyrrole nitrogens is 1. The van der Waals surface area contributed by atoms with Crippen LogP contribution in [0.2, 0.25) is 0 Å². The maximum absolute atomic E-state index is 12.5. The molecule has 40 heavy (non-hydrogen) atoms. The molecule has 9 nitrogen and oxygen atoms in total. The zero-order valence-corrected chi connectivity index (χ0v) is 23.7. The van der Waals surface area contributed by atoms with Crippen LogP contribution in [0.4, 0.5) is 5.95 Å². The van der Waals surface area contributed by atoms with Gasteiger partial charge in [0.05, 0.1) is 25.0 Å². The van der Waals surface area contributed by atoms with E-state index in [-0.39, 0.29) is 5.91 Å². The maximum atomic E-state index is 12.5. The number of hydrogen-bond donors (Lipinski definition) is 3. The Labute approximate surface area is 236 Å². The Kier molecular flexibility index (Phi) is 10.7. The molecular formula is C31H41N7O2. The van der Waals surface area contributed by atoms with Crippen LogP contribution in [0.3, 0.4) is 0 Å². The minimum Gasteiger partial charge on any atom is -0.497 e. The average molecular weight is 544 g/mol. The Balaban J connectivity index is 1.14. The molecule has 0 spiro atoms. The number of rotatable bonds is 16. The summed E-state index contributed by atoms with van der Waals surface area (Å²) in [5.74, 6) is 1.19. The standard InChI is InChI=1S/C31H41N7O2/c1-3-4-6-9-23-12-14-25(15-13-23)30(39)33-20-21-38-22-26(36-37-38)10-7-5-8-11-28-29(35-31(32)34-28)24-16-18-27(40-2)19-17-24/h12-19,22H,3-11,20-21H2,1-2H3,(H,33,39)(H3,32,34,35). The van der Waals surface area contributed by atoms with E-state index in [1.54, 1.807) is 11.8 Å². The Bertz CT molecular complexity index is 1330.